The van der Waals surface area contributed by atoms with Crippen LogP contribution < -0.4 is 11.1 Å². The van der Waals surface area contributed by atoms with Crippen molar-refractivity contribution in [3.05, 3.63) is 34.3 Å². The van der Waals surface area contributed by atoms with Crippen LogP contribution in [0.25, 0.3) is 6.08 Å². The van der Waals surface area contributed by atoms with E-state index in [0.717, 1.165) is 22.2 Å². The molecule has 1 heterocycles. The fourth-order valence-electron chi connectivity index (χ4n) is 3.02. The van der Waals surface area contributed by atoms with Crippen molar-refractivity contribution < 1.29 is 18.8 Å². The van der Waals surface area contributed by atoms with Gasteiger partial charge in [-0.2, -0.15) is 0 Å². The molecule has 6 nitrogen and oxygen atoms in total. The van der Waals surface area contributed by atoms with E-state index in [1.807, 2.05) is 80.5 Å². The summed E-state index contributed by atoms with van der Waals surface area (Å²) < 4.78 is 17.8. The number of nitrogens with one attached hydrogen (secondary N) is 1. The van der Waals surface area contributed by atoms with E-state index in [1.54, 1.807) is 0 Å². The number of nitrogen functional groups attached to an aromatic ring is 1. The highest BCUT2D eigenvalue weighted by atomic mass is 16.7. The minimum atomic E-state index is -0.602. The van der Waals surface area contributed by atoms with Gasteiger partial charge in [0.05, 0.1) is 11.2 Å². The van der Waals surface area contributed by atoms with Gasteiger partial charge in [0.15, 0.2) is 0 Å². The number of carbonyl (C=O) groups excluding carboxylic acids is 1. The topological polar surface area (TPSA) is 82.8 Å². The van der Waals surface area contributed by atoms with E-state index >= 15 is 0 Å². The Kier molecular flexibility index (Phi) is 6.45. The molecule has 1 aromatic rings. The fraction of sp³-hybridized carbons (Fsp3) is 0.591. The molecule has 0 radical (unpaired) electrons. The van der Waals surface area contributed by atoms with Crippen LogP contribution in [0.1, 0.15) is 65.2 Å². The number of benzene rings is 1. The minimum absolute atomic E-state index is 0.220. The molecule has 1 amide bonds. The Hall–Kier alpha value is -1.99. The smallest absolute Gasteiger partial charge is 0.444 e. The Morgan fingerprint density at radius 3 is 2.24 bits per heavy atom. The summed E-state index contributed by atoms with van der Waals surface area (Å²) in [4.78, 5) is 12.2. The van der Waals surface area contributed by atoms with Gasteiger partial charge in [-0.25, -0.2) is 4.79 Å². The molecular weight excluding hydrogens is 367 g/mol. The number of hydrogen-bond acceptors (Lipinski definition) is 5. The Labute approximate surface area is 175 Å². The first kappa shape index (κ1) is 23.3. The molecule has 1 aliphatic rings. The highest BCUT2D eigenvalue weighted by Crippen LogP contribution is 2.39. The van der Waals surface area contributed by atoms with Crippen molar-refractivity contribution in [1.29, 1.82) is 0 Å². The number of hydrogen-bond donors (Lipinski definition) is 2. The van der Waals surface area contributed by atoms with Crippen LogP contribution in [0.5, 0.6) is 0 Å². The molecule has 1 fully saturated rings. The molecule has 2 rings (SSSR count). The van der Waals surface area contributed by atoms with E-state index in [1.165, 1.54) is 0 Å². The van der Waals surface area contributed by atoms with Crippen LogP contribution in [0.15, 0.2) is 17.6 Å². The lowest BCUT2D eigenvalue weighted by atomic mass is 9.76. The zero-order valence-electron chi connectivity index (χ0n) is 19.2. The van der Waals surface area contributed by atoms with Gasteiger partial charge in [-0.1, -0.05) is 17.7 Å². The first-order chi connectivity index (χ1) is 13.1. The average molecular weight is 402 g/mol. The molecule has 29 heavy (non-hydrogen) atoms. The number of ether oxygens (including phenoxy) is 1. The third kappa shape index (κ3) is 5.76. The van der Waals surface area contributed by atoms with Gasteiger partial charge >= 0.3 is 13.2 Å². The zero-order chi connectivity index (χ0) is 22.2. The first-order valence-corrected chi connectivity index (χ1v) is 10.0. The van der Waals surface area contributed by atoms with Crippen LogP contribution in [-0.4, -0.2) is 36.6 Å². The van der Waals surface area contributed by atoms with Crippen LogP contribution >= 0.6 is 0 Å². The SMILES string of the molecule is Cc1cc(C)c(N)c(C=C(CNC(=O)OC(C)(C)C)B2OC(C)(C)C(C)(C)O2)c1. The monoisotopic (exact) mass is 402 g/mol. The van der Waals surface area contributed by atoms with Crippen molar-refractivity contribution in [3.63, 3.8) is 0 Å². The lowest BCUT2D eigenvalue weighted by Crippen LogP contribution is -2.41. The van der Waals surface area contributed by atoms with Gasteiger partial charge in [0.25, 0.3) is 0 Å². The van der Waals surface area contributed by atoms with Crippen molar-refractivity contribution >= 4 is 25.0 Å². The number of rotatable bonds is 4. The molecule has 0 bridgehead atoms. The summed E-state index contributed by atoms with van der Waals surface area (Å²) in [5.74, 6) is 0. The summed E-state index contributed by atoms with van der Waals surface area (Å²) in [7, 11) is -0.602. The summed E-state index contributed by atoms with van der Waals surface area (Å²) in [6.07, 6.45) is 1.45. The Morgan fingerprint density at radius 2 is 1.72 bits per heavy atom. The number of alkyl carbamates (subject to hydrolysis) is 1. The van der Waals surface area contributed by atoms with E-state index in [2.05, 4.69) is 5.32 Å². The molecule has 1 aliphatic heterocycles. The largest absolute Gasteiger partial charge is 0.492 e. The summed E-state index contributed by atoms with van der Waals surface area (Å²) >= 11 is 0. The second kappa shape index (κ2) is 8.03. The van der Waals surface area contributed by atoms with Crippen molar-refractivity contribution in [3.8, 4) is 0 Å². The lowest BCUT2D eigenvalue weighted by Gasteiger charge is -2.32. The van der Waals surface area contributed by atoms with Crippen molar-refractivity contribution in [2.45, 2.75) is 79.1 Å². The third-order valence-electron chi connectivity index (χ3n) is 5.30. The van der Waals surface area contributed by atoms with Crippen LogP contribution in [0.3, 0.4) is 0 Å². The molecule has 7 heteroatoms. The molecule has 1 aromatic carbocycles. The minimum Gasteiger partial charge on any atom is -0.444 e. The van der Waals surface area contributed by atoms with E-state index in [0.29, 0.717) is 5.69 Å². The van der Waals surface area contributed by atoms with Crippen molar-refractivity contribution in [1.82, 2.24) is 5.32 Å². The number of carbonyl (C=O) groups is 1. The molecule has 160 valence electrons. The van der Waals surface area contributed by atoms with E-state index in [-0.39, 0.29) is 6.54 Å². The Balaban J connectivity index is 2.35. The van der Waals surface area contributed by atoms with Crippen LogP contribution in [-0.2, 0) is 14.0 Å². The quantitative estimate of drug-likeness (QED) is 0.575. The molecular formula is C22H35BN2O4. The molecule has 0 aliphatic carbocycles. The van der Waals surface area contributed by atoms with Gasteiger partial charge in [0.2, 0.25) is 0 Å². The maximum Gasteiger partial charge on any atom is 0.492 e. The maximum absolute atomic E-state index is 12.2. The van der Waals surface area contributed by atoms with Gasteiger partial charge < -0.3 is 25.1 Å². The van der Waals surface area contributed by atoms with Gasteiger partial charge in [-0.3, -0.25) is 0 Å². The molecule has 0 spiro atoms. The Bertz CT molecular complexity index is 794. The lowest BCUT2D eigenvalue weighted by molar-refractivity contribution is 0.00578. The second-order valence-electron chi connectivity index (χ2n) is 9.75. The van der Waals surface area contributed by atoms with Crippen LogP contribution in [0.4, 0.5) is 10.5 Å². The van der Waals surface area contributed by atoms with Gasteiger partial charge in [0.1, 0.15) is 5.60 Å². The molecule has 0 aromatic heterocycles. The van der Waals surface area contributed by atoms with Gasteiger partial charge in [-0.15, -0.1) is 0 Å². The predicted octanol–water partition coefficient (Wildman–Crippen LogP) is 4.43. The number of nitrogens with two attached hydrogens (primary N) is 1. The zero-order valence-corrected chi connectivity index (χ0v) is 19.2. The first-order valence-electron chi connectivity index (χ1n) is 10.0. The molecule has 0 saturated carbocycles. The summed E-state index contributed by atoms with van der Waals surface area (Å²) in [6, 6.07) is 4.06. The molecule has 0 unspecified atom stereocenters. The van der Waals surface area contributed by atoms with Gasteiger partial charge in [-0.05, 0) is 85.0 Å². The standard InChI is InChI=1S/C22H35BN2O4/c1-14-10-15(2)18(24)16(11-14)12-17(13-25-19(26)27-20(3,4)5)23-28-21(6,7)22(8,9)29-23/h10-12H,13,24H2,1-9H3,(H,25,26). The fourth-order valence-corrected chi connectivity index (χ4v) is 3.02. The summed E-state index contributed by atoms with van der Waals surface area (Å²) in [5, 5.41) is 2.81. The number of anilines is 1. The van der Waals surface area contributed by atoms with Gasteiger partial charge in [0, 0.05) is 12.2 Å². The third-order valence-corrected chi connectivity index (χ3v) is 5.30. The van der Waals surface area contributed by atoms with E-state index < -0.39 is 30.0 Å². The Morgan fingerprint density at radius 1 is 1.17 bits per heavy atom. The second-order valence-corrected chi connectivity index (χ2v) is 9.75. The van der Waals surface area contributed by atoms with Crippen molar-refractivity contribution in [2.24, 2.45) is 0 Å². The molecule has 3 N–H and O–H groups in total. The average Bonchev–Trinajstić information content (AvgIpc) is 2.74. The van der Waals surface area contributed by atoms with Crippen LogP contribution in [0.2, 0.25) is 0 Å². The maximum atomic E-state index is 12.2. The number of aryl methyl sites for hydroxylation is 2. The summed E-state index contributed by atoms with van der Waals surface area (Å²) in [5.41, 5.74) is 9.21. The number of amides is 1. The summed E-state index contributed by atoms with van der Waals surface area (Å²) in [6.45, 7) is 17.7. The molecule has 0 atom stereocenters. The van der Waals surface area contributed by atoms with E-state index in [9.17, 15) is 4.79 Å². The highest BCUT2D eigenvalue weighted by Gasteiger charge is 2.52. The highest BCUT2D eigenvalue weighted by molar-refractivity contribution is 6.56. The van der Waals surface area contributed by atoms with Crippen molar-refractivity contribution in [2.75, 3.05) is 12.3 Å². The van der Waals surface area contributed by atoms with Crippen LogP contribution in [0, 0.1) is 13.8 Å². The normalized spacial score (nSPS) is 18.7. The van der Waals surface area contributed by atoms with E-state index in [4.69, 9.17) is 19.8 Å². The molecule has 1 saturated heterocycles. The predicted molar refractivity (Wildman–Crippen MR) is 119 cm³/mol.